The van der Waals surface area contributed by atoms with Gasteiger partial charge in [0.15, 0.2) is 0 Å². The first-order chi connectivity index (χ1) is 9.10. The summed E-state index contributed by atoms with van der Waals surface area (Å²) in [4.78, 5) is 23.5. The highest BCUT2D eigenvalue weighted by Gasteiger charge is 2.30. The second kappa shape index (κ2) is 8.18. The molecule has 0 spiro atoms. The monoisotopic (exact) mass is 269 g/mol. The minimum atomic E-state index is -0.767. The predicted molar refractivity (Wildman–Crippen MR) is 74.8 cm³/mol. The number of nitrogens with one attached hydrogen (secondary N) is 1. The molecule has 1 aliphatic rings. The van der Waals surface area contributed by atoms with E-state index in [0.29, 0.717) is 6.42 Å². The Balaban J connectivity index is 2.68. The van der Waals surface area contributed by atoms with Gasteiger partial charge in [0.1, 0.15) is 0 Å². The molecule has 1 aliphatic carbocycles. The zero-order chi connectivity index (χ0) is 14.3. The number of carboxylic acids is 1. The van der Waals surface area contributed by atoms with E-state index in [1.807, 2.05) is 13.8 Å². The highest BCUT2D eigenvalue weighted by molar-refractivity contribution is 5.80. The summed E-state index contributed by atoms with van der Waals surface area (Å²) in [6.45, 7) is 4.00. The number of hydrogen-bond donors (Lipinski definition) is 2. The van der Waals surface area contributed by atoms with Crippen molar-refractivity contribution >= 4 is 11.9 Å². The Morgan fingerprint density at radius 1 is 1.11 bits per heavy atom. The smallest absolute Gasteiger partial charge is 0.308 e. The van der Waals surface area contributed by atoms with Gasteiger partial charge in [0.25, 0.3) is 0 Å². The molecule has 0 saturated heterocycles. The average molecular weight is 269 g/mol. The van der Waals surface area contributed by atoms with Crippen LogP contribution in [0.3, 0.4) is 0 Å². The zero-order valence-electron chi connectivity index (χ0n) is 12.2. The summed E-state index contributed by atoms with van der Waals surface area (Å²) in [6.07, 6.45) is 7.32. The van der Waals surface area contributed by atoms with Crippen molar-refractivity contribution in [2.45, 2.75) is 71.3 Å². The molecule has 1 saturated carbocycles. The Morgan fingerprint density at radius 3 is 2.21 bits per heavy atom. The SMILES string of the molecule is CCC(CC)C(=O)NC1CCCCCCC1C(=O)O. The van der Waals surface area contributed by atoms with Crippen molar-refractivity contribution in [3.63, 3.8) is 0 Å². The van der Waals surface area contributed by atoms with E-state index in [0.717, 1.165) is 44.9 Å². The summed E-state index contributed by atoms with van der Waals surface area (Å²) < 4.78 is 0. The molecule has 0 aromatic heterocycles. The third-order valence-corrected chi connectivity index (χ3v) is 4.27. The first kappa shape index (κ1) is 16.0. The van der Waals surface area contributed by atoms with Crippen LogP contribution in [0.25, 0.3) is 0 Å². The molecule has 2 unspecified atom stereocenters. The number of amides is 1. The van der Waals surface area contributed by atoms with E-state index in [1.165, 1.54) is 0 Å². The molecule has 4 heteroatoms. The van der Waals surface area contributed by atoms with E-state index in [9.17, 15) is 14.7 Å². The van der Waals surface area contributed by atoms with Gasteiger partial charge in [-0.3, -0.25) is 9.59 Å². The van der Waals surface area contributed by atoms with Gasteiger partial charge in [-0.25, -0.2) is 0 Å². The predicted octanol–water partition coefficient (Wildman–Crippen LogP) is 2.96. The maximum Gasteiger partial charge on any atom is 0.308 e. The standard InChI is InChI=1S/C15H27NO3/c1-3-11(4-2)14(17)16-13-10-8-6-5-7-9-12(13)15(18)19/h11-13H,3-10H2,1-2H3,(H,16,17)(H,18,19). The molecule has 0 bridgehead atoms. The van der Waals surface area contributed by atoms with Gasteiger partial charge in [-0.2, -0.15) is 0 Å². The van der Waals surface area contributed by atoms with Crippen molar-refractivity contribution in [3.05, 3.63) is 0 Å². The Labute approximate surface area is 116 Å². The van der Waals surface area contributed by atoms with Gasteiger partial charge in [0.2, 0.25) is 5.91 Å². The summed E-state index contributed by atoms with van der Waals surface area (Å²) in [6, 6.07) is -0.189. The van der Waals surface area contributed by atoms with Gasteiger partial charge in [-0.1, -0.05) is 39.5 Å². The van der Waals surface area contributed by atoms with Crippen molar-refractivity contribution in [2.75, 3.05) is 0 Å². The van der Waals surface area contributed by atoms with Crippen molar-refractivity contribution < 1.29 is 14.7 Å². The molecular formula is C15H27NO3. The topological polar surface area (TPSA) is 66.4 Å². The van der Waals surface area contributed by atoms with Gasteiger partial charge in [-0.15, -0.1) is 0 Å². The minimum Gasteiger partial charge on any atom is -0.481 e. The summed E-state index contributed by atoms with van der Waals surface area (Å²) in [5.41, 5.74) is 0. The normalized spacial score (nSPS) is 24.6. The van der Waals surface area contributed by atoms with E-state index in [-0.39, 0.29) is 17.9 Å². The Bertz CT molecular complexity index is 300. The quantitative estimate of drug-likeness (QED) is 0.806. The van der Waals surface area contributed by atoms with Crippen LogP contribution in [0.2, 0.25) is 0 Å². The fourth-order valence-electron chi connectivity index (χ4n) is 2.91. The van der Waals surface area contributed by atoms with Gasteiger partial charge in [0, 0.05) is 12.0 Å². The second-order valence-corrected chi connectivity index (χ2v) is 5.56. The van der Waals surface area contributed by atoms with Crippen LogP contribution in [0.5, 0.6) is 0 Å². The maximum absolute atomic E-state index is 12.1. The lowest BCUT2D eigenvalue weighted by Crippen LogP contribution is -2.46. The molecule has 4 nitrogen and oxygen atoms in total. The first-order valence-corrected chi connectivity index (χ1v) is 7.63. The molecule has 0 radical (unpaired) electrons. The number of carboxylic acid groups (broad SMARTS) is 1. The third kappa shape index (κ3) is 4.84. The third-order valence-electron chi connectivity index (χ3n) is 4.27. The summed E-state index contributed by atoms with van der Waals surface area (Å²) in [5, 5.41) is 12.3. The average Bonchev–Trinajstić information content (AvgIpc) is 2.33. The molecule has 19 heavy (non-hydrogen) atoms. The van der Waals surface area contributed by atoms with Crippen LogP contribution < -0.4 is 5.32 Å². The van der Waals surface area contributed by atoms with Crippen LogP contribution in [0.4, 0.5) is 0 Å². The van der Waals surface area contributed by atoms with Gasteiger partial charge in [0.05, 0.1) is 5.92 Å². The fraction of sp³-hybridized carbons (Fsp3) is 0.867. The Morgan fingerprint density at radius 2 is 1.68 bits per heavy atom. The van der Waals surface area contributed by atoms with E-state index in [4.69, 9.17) is 0 Å². The lowest BCUT2D eigenvalue weighted by atomic mass is 9.86. The second-order valence-electron chi connectivity index (χ2n) is 5.56. The number of hydrogen-bond acceptors (Lipinski definition) is 2. The molecular weight excluding hydrogens is 242 g/mol. The molecule has 2 atom stereocenters. The minimum absolute atomic E-state index is 0.0138. The Hall–Kier alpha value is -1.06. The van der Waals surface area contributed by atoms with Crippen molar-refractivity contribution in [1.29, 1.82) is 0 Å². The van der Waals surface area contributed by atoms with Crippen LogP contribution in [0.1, 0.15) is 65.2 Å². The molecule has 0 heterocycles. The van der Waals surface area contributed by atoms with E-state index in [2.05, 4.69) is 5.32 Å². The first-order valence-electron chi connectivity index (χ1n) is 7.63. The molecule has 0 aromatic carbocycles. The van der Waals surface area contributed by atoms with E-state index in [1.54, 1.807) is 0 Å². The highest BCUT2D eigenvalue weighted by atomic mass is 16.4. The lowest BCUT2D eigenvalue weighted by Gasteiger charge is -2.28. The number of carbonyl (C=O) groups excluding carboxylic acids is 1. The van der Waals surface area contributed by atoms with Gasteiger partial charge >= 0.3 is 5.97 Å². The molecule has 2 N–H and O–H groups in total. The number of aliphatic carboxylic acids is 1. The lowest BCUT2D eigenvalue weighted by molar-refractivity contribution is -0.143. The largest absolute Gasteiger partial charge is 0.481 e. The van der Waals surface area contributed by atoms with Crippen molar-refractivity contribution in [3.8, 4) is 0 Å². The summed E-state index contributed by atoms with van der Waals surface area (Å²) >= 11 is 0. The van der Waals surface area contributed by atoms with Crippen molar-refractivity contribution in [1.82, 2.24) is 5.32 Å². The molecule has 110 valence electrons. The summed E-state index contributed by atoms with van der Waals surface area (Å²) in [5.74, 6) is -1.14. The fourth-order valence-corrected chi connectivity index (χ4v) is 2.91. The molecule has 0 aliphatic heterocycles. The molecule has 1 amide bonds. The van der Waals surface area contributed by atoms with E-state index >= 15 is 0 Å². The molecule has 1 rings (SSSR count). The highest BCUT2D eigenvalue weighted by Crippen LogP contribution is 2.24. The van der Waals surface area contributed by atoms with E-state index < -0.39 is 11.9 Å². The van der Waals surface area contributed by atoms with Crippen LogP contribution in [0, 0.1) is 11.8 Å². The van der Waals surface area contributed by atoms with Crippen LogP contribution in [0.15, 0.2) is 0 Å². The van der Waals surface area contributed by atoms with Gasteiger partial charge < -0.3 is 10.4 Å². The van der Waals surface area contributed by atoms with Crippen LogP contribution in [-0.2, 0) is 9.59 Å². The zero-order valence-corrected chi connectivity index (χ0v) is 12.2. The Kier molecular flexibility index (Phi) is 6.89. The van der Waals surface area contributed by atoms with Gasteiger partial charge in [-0.05, 0) is 25.7 Å². The molecule has 1 fully saturated rings. The number of rotatable bonds is 5. The van der Waals surface area contributed by atoms with Crippen LogP contribution in [-0.4, -0.2) is 23.0 Å². The van der Waals surface area contributed by atoms with Crippen LogP contribution >= 0.6 is 0 Å². The van der Waals surface area contributed by atoms with Crippen molar-refractivity contribution in [2.24, 2.45) is 11.8 Å². The molecule has 0 aromatic rings. The summed E-state index contributed by atoms with van der Waals surface area (Å²) in [7, 11) is 0. The number of carbonyl (C=O) groups is 2. The maximum atomic E-state index is 12.1.